The van der Waals surface area contributed by atoms with Crippen LogP contribution in [0.4, 0.5) is 0 Å². The Labute approximate surface area is 155 Å². The van der Waals surface area contributed by atoms with Crippen LogP contribution in [0.5, 0.6) is 0 Å². The summed E-state index contributed by atoms with van der Waals surface area (Å²) in [5.41, 5.74) is 2.57. The van der Waals surface area contributed by atoms with E-state index < -0.39 is 5.97 Å². The summed E-state index contributed by atoms with van der Waals surface area (Å²) < 4.78 is 4.82. The second-order valence-corrected chi connectivity index (χ2v) is 6.02. The summed E-state index contributed by atoms with van der Waals surface area (Å²) in [7, 11) is 0. The molecule has 0 amide bonds. The van der Waals surface area contributed by atoms with Crippen LogP contribution in [0, 0.1) is 0 Å². The first-order valence-electron chi connectivity index (χ1n) is 9.01. The van der Waals surface area contributed by atoms with Gasteiger partial charge in [-0.3, -0.25) is 9.59 Å². The van der Waals surface area contributed by atoms with Crippen LogP contribution in [0.2, 0.25) is 0 Å². The number of esters is 1. The smallest absolute Gasteiger partial charge is 0.303 e. The van der Waals surface area contributed by atoms with Gasteiger partial charge < -0.3 is 9.84 Å². The summed E-state index contributed by atoms with van der Waals surface area (Å²) in [6.45, 7) is 1.95. The highest BCUT2D eigenvalue weighted by Gasteiger charge is 1.97. The quantitative estimate of drug-likeness (QED) is 0.524. The monoisotopic (exact) mass is 356 g/mol. The summed E-state index contributed by atoms with van der Waals surface area (Å²) in [5.74, 6) is -0.902. The van der Waals surface area contributed by atoms with Crippen LogP contribution in [0.15, 0.2) is 60.7 Å². The molecule has 0 spiro atoms. The predicted octanol–water partition coefficient (Wildman–Crippen LogP) is 4.67. The van der Waals surface area contributed by atoms with Gasteiger partial charge in [0, 0.05) is 13.3 Å². The lowest BCUT2D eigenvalue weighted by atomic mass is 10.1. The fourth-order valence-electron chi connectivity index (χ4n) is 2.39. The topological polar surface area (TPSA) is 63.6 Å². The Morgan fingerprint density at radius 2 is 1.31 bits per heavy atom. The van der Waals surface area contributed by atoms with Gasteiger partial charge in [0.15, 0.2) is 0 Å². The minimum Gasteiger partial charge on any atom is -0.481 e. The van der Waals surface area contributed by atoms with E-state index in [2.05, 4.69) is 24.3 Å². The number of carboxylic acid groups (broad SMARTS) is 1. The van der Waals surface area contributed by atoms with Gasteiger partial charge in [-0.2, -0.15) is 0 Å². The number of carbonyl (C=O) groups is 2. The first-order valence-corrected chi connectivity index (χ1v) is 9.01. The fourth-order valence-corrected chi connectivity index (χ4v) is 2.39. The van der Waals surface area contributed by atoms with Crippen LogP contribution < -0.4 is 0 Å². The molecule has 4 nitrogen and oxygen atoms in total. The average molecular weight is 356 g/mol. The molecular weight excluding hydrogens is 328 g/mol. The van der Waals surface area contributed by atoms with E-state index in [0.717, 1.165) is 32.1 Å². The number of aryl methyl sites for hydroxylation is 2. The molecule has 2 aromatic rings. The first-order chi connectivity index (χ1) is 12.6. The lowest BCUT2D eigenvalue weighted by molar-refractivity contribution is -0.141. The third-order valence-electron chi connectivity index (χ3n) is 3.71. The zero-order valence-corrected chi connectivity index (χ0v) is 15.4. The van der Waals surface area contributed by atoms with Crippen molar-refractivity contribution in [3.63, 3.8) is 0 Å². The fraction of sp³-hybridized carbons (Fsp3) is 0.364. The number of carboxylic acids is 1. The average Bonchev–Trinajstić information content (AvgIpc) is 2.64. The molecule has 2 aromatic carbocycles. The number of aliphatic carboxylic acids is 1. The van der Waals surface area contributed by atoms with Crippen molar-refractivity contribution < 1.29 is 19.4 Å². The second kappa shape index (κ2) is 13.6. The van der Waals surface area contributed by atoms with Crippen molar-refractivity contribution in [3.05, 3.63) is 71.8 Å². The van der Waals surface area contributed by atoms with Gasteiger partial charge in [0.05, 0.1) is 6.61 Å². The molecule has 0 aromatic heterocycles. The number of ether oxygens (including phenoxy) is 1. The molecule has 0 heterocycles. The summed E-state index contributed by atoms with van der Waals surface area (Å²) in [6, 6.07) is 20.3. The van der Waals surface area contributed by atoms with E-state index in [4.69, 9.17) is 9.84 Å². The van der Waals surface area contributed by atoms with Crippen molar-refractivity contribution in [2.24, 2.45) is 0 Å². The zero-order valence-electron chi connectivity index (χ0n) is 15.4. The molecule has 2 rings (SSSR count). The maximum atomic E-state index is 10.4. The van der Waals surface area contributed by atoms with E-state index in [1.54, 1.807) is 0 Å². The number of benzene rings is 2. The minimum absolute atomic E-state index is 0.201. The van der Waals surface area contributed by atoms with Crippen LogP contribution in [0.3, 0.4) is 0 Å². The third-order valence-corrected chi connectivity index (χ3v) is 3.71. The maximum absolute atomic E-state index is 10.4. The number of unbranched alkanes of at least 4 members (excludes halogenated alkanes) is 1. The highest BCUT2D eigenvalue weighted by Crippen LogP contribution is 2.05. The molecule has 0 aliphatic heterocycles. The first kappa shape index (κ1) is 21.4. The van der Waals surface area contributed by atoms with Crippen molar-refractivity contribution >= 4 is 11.9 Å². The van der Waals surface area contributed by atoms with Gasteiger partial charge in [0.25, 0.3) is 0 Å². The molecule has 0 saturated carbocycles. The van der Waals surface area contributed by atoms with Crippen molar-refractivity contribution in [1.29, 1.82) is 0 Å². The molecule has 0 bridgehead atoms. The van der Waals surface area contributed by atoms with Gasteiger partial charge in [-0.1, -0.05) is 60.7 Å². The molecule has 4 heteroatoms. The van der Waals surface area contributed by atoms with Crippen molar-refractivity contribution in [3.8, 4) is 0 Å². The van der Waals surface area contributed by atoms with Gasteiger partial charge in [-0.15, -0.1) is 0 Å². The third kappa shape index (κ3) is 11.8. The SMILES string of the molecule is CC(=O)OCCCc1ccccc1.O=C(O)CCCCc1ccccc1. The maximum Gasteiger partial charge on any atom is 0.303 e. The van der Waals surface area contributed by atoms with E-state index in [0.29, 0.717) is 6.61 Å². The lowest BCUT2D eigenvalue weighted by Crippen LogP contribution is -2.01. The number of carbonyl (C=O) groups excluding carboxylic acids is 1. The molecule has 26 heavy (non-hydrogen) atoms. The number of hydrogen-bond donors (Lipinski definition) is 1. The Morgan fingerprint density at radius 1 is 0.808 bits per heavy atom. The van der Waals surface area contributed by atoms with Crippen molar-refractivity contribution in [2.45, 2.75) is 45.4 Å². The molecule has 0 unspecified atom stereocenters. The molecule has 0 aliphatic carbocycles. The van der Waals surface area contributed by atoms with Gasteiger partial charge in [-0.05, 0) is 43.2 Å². The molecule has 0 fully saturated rings. The van der Waals surface area contributed by atoms with E-state index in [-0.39, 0.29) is 12.4 Å². The molecular formula is C22H28O4. The summed E-state index contributed by atoms with van der Waals surface area (Å²) in [4.78, 5) is 20.6. The predicted molar refractivity (Wildman–Crippen MR) is 103 cm³/mol. The van der Waals surface area contributed by atoms with Gasteiger partial charge in [0.1, 0.15) is 0 Å². The summed E-state index contributed by atoms with van der Waals surface area (Å²) >= 11 is 0. The Kier molecular flexibility index (Phi) is 11.2. The second-order valence-electron chi connectivity index (χ2n) is 6.02. The largest absolute Gasteiger partial charge is 0.481 e. The molecule has 0 aliphatic rings. The Hall–Kier alpha value is -2.62. The molecule has 140 valence electrons. The highest BCUT2D eigenvalue weighted by atomic mass is 16.5. The number of rotatable bonds is 9. The molecule has 0 saturated heterocycles. The van der Waals surface area contributed by atoms with Crippen LogP contribution in [-0.2, 0) is 27.2 Å². The molecule has 0 radical (unpaired) electrons. The zero-order chi connectivity index (χ0) is 19.0. The summed E-state index contributed by atoms with van der Waals surface area (Å²) in [5, 5.41) is 8.41. The van der Waals surface area contributed by atoms with Gasteiger partial charge >= 0.3 is 11.9 Å². The highest BCUT2D eigenvalue weighted by molar-refractivity contribution is 5.66. The van der Waals surface area contributed by atoms with E-state index in [9.17, 15) is 9.59 Å². The van der Waals surface area contributed by atoms with Crippen molar-refractivity contribution in [2.75, 3.05) is 6.61 Å². The summed E-state index contributed by atoms with van der Waals surface area (Å²) in [6.07, 6.45) is 4.85. The number of hydrogen-bond acceptors (Lipinski definition) is 3. The molecule has 0 atom stereocenters. The van der Waals surface area contributed by atoms with E-state index >= 15 is 0 Å². The van der Waals surface area contributed by atoms with Crippen molar-refractivity contribution in [1.82, 2.24) is 0 Å². The van der Waals surface area contributed by atoms with Gasteiger partial charge in [-0.25, -0.2) is 0 Å². The van der Waals surface area contributed by atoms with Crippen LogP contribution in [-0.4, -0.2) is 23.7 Å². The van der Waals surface area contributed by atoms with Crippen LogP contribution >= 0.6 is 0 Å². The van der Waals surface area contributed by atoms with E-state index in [1.807, 2.05) is 36.4 Å². The normalized spacial score (nSPS) is 9.73. The van der Waals surface area contributed by atoms with Crippen LogP contribution in [0.25, 0.3) is 0 Å². The Balaban J connectivity index is 0.000000260. The minimum atomic E-state index is -0.701. The van der Waals surface area contributed by atoms with E-state index in [1.165, 1.54) is 18.1 Å². The Bertz CT molecular complexity index is 566. The molecule has 1 N–H and O–H groups in total. The van der Waals surface area contributed by atoms with Crippen LogP contribution in [0.1, 0.15) is 43.7 Å². The standard InChI is InChI=1S/2C11H14O2/c1-10(12)13-9-5-8-11-6-3-2-4-7-11;12-11(13)9-5-4-8-10-6-2-1-3-7-10/h2-4,6-7H,5,8-9H2,1H3;1-3,6-7H,4-5,8-9H2,(H,12,13). The lowest BCUT2D eigenvalue weighted by Gasteiger charge is -2.01. The van der Waals surface area contributed by atoms with Gasteiger partial charge in [0.2, 0.25) is 0 Å². The Morgan fingerprint density at radius 3 is 1.77 bits per heavy atom.